The van der Waals surface area contributed by atoms with Crippen LogP contribution in [0.25, 0.3) is 0 Å². The largest absolute Gasteiger partial charge is 0.495 e. The molecule has 0 radical (unpaired) electrons. The zero-order valence-corrected chi connectivity index (χ0v) is 15.8. The fraction of sp³-hybridized carbons (Fsp3) is 0.316. The average Bonchev–Trinajstić information content (AvgIpc) is 3.06. The number of methoxy groups -OCH3 is 1. The van der Waals surface area contributed by atoms with Crippen LogP contribution in [0.5, 0.6) is 5.75 Å². The van der Waals surface area contributed by atoms with Crippen molar-refractivity contribution in [3.8, 4) is 5.75 Å². The van der Waals surface area contributed by atoms with Crippen molar-refractivity contribution in [2.75, 3.05) is 19.0 Å². The third-order valence-corrected chi connectivity index (χ3v) is 4.65. The van der Waals surface area contributed by atoms with Gasteiger partial charge in [0.1, 0.15) is 5.75 Å². The van der Waals surface area contributed by atoms with Crippen LogP contribution in [0.4, 0.5) is 5.69 Å². The molecule has 0 aliphatic carbocycles. The lowest BCUT2D eigenvalue weighted by Crippen LogP contribution is -2.28. The van der Waals surface area contributed by atoms with Gasteiger partial charge in [0, 0.05) is 18.8 Å². The Balaban J connectivity index is 1.88. The van der Waals surface area contributed by atoms with E-state index in [1.165, 1.54) is 7.11 Å². The Labute approximate surface area is 162 Å². The minimum atomic E-state index is -0.371. The van der Waals surface area contributed by atoms with E-state index in [-0.39, 0.29) is 23.3 Å². The van der Waals surface area contributed by atoms with Crippen molar-refractivity contribution in [3.05, 3.63) is 53.1 Å². The maximum atomic E-state index is 12.8. The lowest BCUT2D eigenvalue weighted by Gasteiger charge is -2.17. The fourth-order valence-electron chi connectivity index (χ4n) is 3.08. The summed E-state index contributed by atoms with van der Waals surface area (Å²) in [4.78, 5) is 29.5. The number of imidazole rings is 1. The van der Waals surface area contributed by atoms with Crippen molar-refractivity contribution in [1.82, 2.24) is 14.9 Å². The maximum Gasteiger partial charge on any atom is 0.287 e. The van der Waals surface area contributed by atoms with E-state index in [2.05, 4.69) is 22.2 Å². The van der Waals surface area contributed by atoms with Crippen LogP contribution in [0.3, 0.4) is 0 Å². The highest BCUT2D eigenvalue weighted by Gasteiger charge is 2.27. The van der Waals surface area contributed by atoms with Gasteiger partial charge < -0.3 is 19.9 Å². The molecule has 2 aromatic rings. The molecule has 0 fully saturated rings. The van der Waals surface area contributed by atoms with Crippen LogP contribution in [-0.2, 0) is 13.0 Å². The zero-order valence-electron chi connectivity index (χ0n) is 15.0. The summed E-state index contributed by atoms with van der Waals surface area (Å²) >= 11 is 6.11. The molecule has 0 spiro atoms. The Morgan fingerprint density at radius 1 is 1.37 bits per heavy atom. The molecule has 1 aliphatic heterocycles. The SMILES string of the molecule is C=CCNC(=O)c1nc(C(=O)Nc2ccc(OC)c(Cl)c2)c2n1CCCC2. The van der Waals surface area contributed by atoms with Crippen molar-refractivity contribution in [1.29, 1.82) is 0 Å². The smallest absolute Gasteiger partial charge is 0.287 e. The number of anilines is 1. The van der Waals surface area contributed by atoms with E-state index >= 15 is 0 Å². The normalized spacial score (nSPS) is 12.8. The Morgan fingerprint density at radius 2 is 2.19 bits per heavy atom. The van der Waals surface area contributed by atoms with Gasteiger partial charge in [-0.1, -0.05) is 17.7 Å². The van der Waals surface area contributed by atoms with Crippen molar-refractivity contribution < 1.29 is 14.3 Å². The van der Waals surface area contributed by atoms with Crippen LogP contribution in [0, 0.1) is 0 Å². The molecule has 3 rings (SSSR count). The van der Waals surface area contributed by atoms with Gasteiger partial charge in [0.15, 0.2) is 11.5 Å². The number of hydrogen-bond donors (Lipinski definition) is 2. The Bertz CT molecular complexity index is 891. The van der Waals surface area contributed by atoms with E-state index < -0.39 is 0 Å². The average molecular weight is 389 g/mol. The lowest BCUT2D eigenvalue weighted by molar-refractivity contribution is 0.0942. The molecule has 0 bridgehead atoms. The van der Waals surface area contributed by atoms with Crippen LogP contribution in [-0.4, -0.2) is 35.0 Å². The highest BCUT2D eigenvalue weighted by Crippen LogP contribution is 2.28. The van der Waals surface area contributed by atoms with E-state index in [1.54, 1.807) is 24.3 Å². The fourth-order valence-corrected chi connectivity index (χ4v) is 3.33. The molecule has 2 heterocycles. The van der Waals surface area contributed by atoms with Crippen LogP contribution < -0.4 is 15.4 Å². The standard InChI is InChI=1S/C19H21ClN4O3/c1-3-9-21-19(26)17-23-16(14-6-4-5-10-24(14)17)18(25)22-12-7-8-15(27-2)13(20)11-12/h3,7-8,11H,1,4-6,9-10H2,2H3,(H,21,26)(H,22,25). The highest BCUT2D eigenvalue weighted by atomic mass is 35.5. The summed E-state index contributed by atoms with van der Waals surface area (Å²) in [5, 5.41) is 5.91. The number of ether oxygens (including phenoxy) is 1. The van der Waals surface area contributed by atoms with E-state index in [1.807, 2.05) is 4.57 Å². The van der Waals surface area contributed by atoms with Gasteiger partial charge in [0.05, 0.1) is 17.8 Å². The number of carbonyl (C=O) groups is 2. The number of aromatic nitrogens is 2. The number of rotatable bonds is 6. The number of fused-ring (bicyclic) bond motifs is 1. The second kappa shape index (κ2) is 8.26. The number of halogens is 1. The molecule has 7 nitrogen and oxygen atoms in total. The lowest BCUT2D eigenvalue weighted by atomic mass is 10.1. The minimum absolute atomic E-state index is 0.254. The molecule has 2 N–H and O–H groups in total. The molecule has 2 amide bonds. The van der Waals surface area contributed by atoms with E-state index in [4.69, 9.17) is 16.3 Å². The molecule has 1 aromatic heterocycles. The van der Waals surface area contributed by atoms with Crippen molar-refractivity contribution >= 4 is 29.1 Å². The third-order valence-electron chi connectivity index (χ3n) is 4.35. The van der Waals surface area contributed by atoms with Gasteiger partial charge in [-0.2, -0.15) is 0 Å². The first-order valence-corrected chi connectivity index (χ1v) is 9.06. The van der Waals surface area contributed by atoms with Crippen LogP contribution in [0.1, 0.15) is 39.6 Å². The van der Waals surface area contributed by atoms with Gasteiger partial charge in [-0.15, -0.1) is 6.58 Å². The predicted octanol–water partition coefficient (Wildman–Crippen LogP) is 3.05. The van der Waals surface area contributed by atoms with Crippen molar-refractivity contribution in [2.24, 2.45) is 0 Å². The van der Waals surface area contributed by atoms with Gasteiger partial charge in [-0.3, -0.25) is 9.59 Å². The summed E-state index contributed by atoms with van der Waals surface area (Å²) in [6, 6.07) is 4.98. The number of carbonyl (C=O) groups excluding carboxylic acids is 2. The summed E-state index contributed by atoms with van der Waals surface area (Å²) in [5.41, 5.74) is 1.58. The van der Waals surface area contributed by atoms with Gasteiger partial charge in [0.25, 0.3) is 11.8 Å². The van der Waals surface area contributed by atoms with Gasteiger partial charge >= 0.3 is 0 Å². The summed E-state index contributed by atoms with van der Waals surface area (Å²) < 4.78 is 6.95. The van der Waals surface area contributed by atoms with Crippen LogP contribution in [0.15, 0.2) is 30.9 Å². The van der Waals surface area contributed by atoms with E-state index in [0.29, 0.717) is 36.0 Å². The maximum absolute atomic E-state index is 12.8. The Morgan fingerprint density at radius 3 is 2.89 bits per heavy atom. The summed E-state index contributed by atoms with van der Waals surface area (Å²) in [6.07, 6.45) is 4.20. The monoisotopic (exact) mass is 388 g/mol. The molecule has 142 valence electrons. The quantitative estimate of drug-likeness (QED) is 0.745. The molecule has 8 heteroatoms. The Kier molecular flexibility index (Phi) is 5.81. The van der Waals surface area contributed by atoms with Crippen LogP contribution >= 0.6 is 11.6 Å². The number of amides is 2. The summed E-state index contributed by atoms with van der Waals surface area (Å²) in [6.45, 7) is 4.60. The molecular formula is C19H21ClN4O3. The van der Waals surface area contributed by atoms with Gasteiger partial charge in [-0.05, 0) is 37.5 Å². The van der Waals surface area contributed by atoms with E-state index in [9.17, 15) is 9.59 Å². The molecule has 0 unspecified atom stereocenters. The molecule has 1 aliphatic rings. The second-order valence-electron chi connectivity index (χ2n) is 6.14. The third kappa shape index (κ3) is 3.98. The minimum Gasteiger partial charge on any atom is -0.495 e. The van der Waals surface area contributed by atoms with Crippen LogP contribution in [0.2, 0.25) is 5.02 Å². The van der Waals surface area contributed by atoms with Gasteiger partial charge in [0.2, 0.25) is 0 Å². The molecule has 1 aromatic carbocycles. The van der Waals surface area contributed by atoms with Crippen molar-refractivity contribution in [2.45, 2.75) is 25.8 Å². The first-order chi connectivity index (χ1) is 13.0. The Hall–Kier alpha value is -2.80. The molecule has 0 saturated carbocycles. The molecular weight excluding hydrogens is 368 g/mol. The predicted molar refractivity (Wildman–Crippen MR) is 104 cm³/mol. The highest BCUT2D eigenvalue weighted by molar-refractivity contribution is 6.32. The number of nitrogens with one attached hydrogen (secondary N) is 2. The first kappa shape index (κ1) is 19.0. The topological polar surface area (TPSA) is 85.2 Å². The zero-order chi connectivity index (χ0) is 19.4. The molecule has 27 heavy (non-hydrogen) atoms. The molecule has 0 saturated heterocycles. The number of nitrogens with zero attached hydrogens (tertiary/aromatic N) is 2. The first-order valence-electron chi connectivity index (χ1n) is 8.68. The van der Waals surface area contributed by atoms with Crippen molar-refractivity contribution in [3.63, 3.8) is 0 Å². The number of benzene rings is 1. The summed E-state index contributed by atoms with van der Waals surface area (Å²) in [5.74, 6) is 0.0916. The second-order valence-corrected chi connectivity index (χ2v) is 6.55. The van der Waals surface area contributed by atoms with E-state index in [0.717, 1.165) is 18.5 Å². The molecule has 0 atom stereocenters. The summed E-state index contributed by atoms with van der Waals surface area (Å²) in [7, 11) is 1.52. The number of hydrogen-bond acceptors (Lipinski definition) is 4. The van der Waals surface area contributed by atoms with Gasteiger partial charge in [-0.25, -0.2) is 4.98 Å².